The van der Waals surface area contributed by atoms with E-state index in [1.165, 1.54) is 4.88 Å². The summed E-state index contributed by atoms with van der Waals surface area (Å²) in [5, 5.41) is 5.16. The molecule has 1 heterocycles. The van der Waals surface area contributed by atoms with Crippen molar-refractivity contribution in [1.29, 1.82) is 0 Å². The van der Waals surface area contributed by atoms with E-state index in [0.29, 0.717) is 25.7 Å². The van der Waals surface area contributed by atoms with Crippen LogP contribution in [0.4, 0.5) is 0 Å². The van der Waals surface area contributed by atoms with Gasteiger partial charge in [-0.1, -0.05) is 12.1 Å². The van der Waals surface area contributed by atoms with Crippen molar-refractivity contribution in [3.05, 3.63) is 35.0 Å². The quantitative estimate of drug-likeness (QED) is 0.222. The van der Waals surface area contributed by atoms with Crippen molar-refractivity contribution in [3.8, 4) is 0 Å². The number of guanidine groups is 1. The lowest BCUT2D eigenvalue weighted by atomic mass is 10.3. The molecule has 4 nitrogen and oxygen atoms in total. The van der Waals surface area contributed by atoms with Crippen molar-refractivity contribution in [1.82, 2.24) is 5.32 Å². The zero-order valence-electron chi connectivity index (χ0n) is 11.0. The van der Waals surface area contributed by atoms with Gasteiger partial charge in [0.1, 0.15) is 0 Å². The number of nitrogens with one attached hydrogen (secondary N) is 1. The van der Waals surface area contributed by atoms with E-state index >= 15 is 0 Å². The van der Waals surface area contributed by atoms with Crippen LogP contribution in [0, 0.1) is 0 Å². The number of nitrogens with two attached hydrogens (primary N) is 1. The average molecular weight is 395 g/mol. The maximum absolute atomic E-state index is 5.72. The van der Waals surface area contributed by atoms with Crippen LogP contribution in [0.5, 0.6) is 0 Å². The molecule has 0 unspecified atom stereocenters. The molecule has 0 aliphatic carbocycles. The molecule has 3 N–H and O–H groups in total. The molecule has 0 radical (unpaired) electrons. The molecule has 0 bridgehead atoms. The number of hydrogen-bond acceptors (Lipinski definition) is 3. The van der Waals surface area contributed by atoms with Crippen molar-refractivity contribution in [3.63, 3.8) is 0 Å². The largest absolute Gasteiger partial charge is 0.379 e. The summed E-state index contributed by atoms with van der Waals surface area (Å²) in [4.78, 5) is 5.53. The van der Waals surface area contributed by atoms with Crippen LogP contribution in [0.25, 0.3) is 0 Å². The van der Waals surface area contributed by atoms with Gasteiger partial charge in [0.25, 0.3) is 0 Å². The Kier molecular flexibility index (Phi) is 12.0. The highest BCUT2D eigenvalue weighted by Gasteiger charge is 1.94. The molecular formula is C13H22IN3OS. The van der Waals surface area contributed by atoms with Crippen LogP contribution in [0.3, 0.4) is 0 Å². The molecule has 0 aliphatic heterocycles. The monoisotopic (exact) mass is 395 g/mol. The minimum absolute atomic E-state index is 0. The number of thiophene rings is 1. The number of hydrogen-bond donors (Lipinski definition) is 2. The van der Waals surface area contributed by atoms with Crippen molar-refractivity contribution in [2.24, 2.45) is 10.7 Å². The van der Waals surface area contributed by atoms with Crippen molar-refractivity contribution >= 4 is 41.3 Å². The van der Waals surface area contributed by atoms with E-state index < -0.39 is 0 Å². The van der Waals surface area contributed by atoms with Crippen LogP contribution in [0.15, 0.2) is 35.2 Å². The van der Waals surface area contributed by atoms with E-state index in [4.69, 9.17) is 10.5 Å². The second kappa shape index (κ2) is 12.4. The summed E-state index contributed by atoms with van der Waals surface area (Å²) in [5.74, 6) is 0.485. The topological polar surface area (TPSA) is 59.6 Å². The fourth-order valence-electron chi connectivity index (χ4n) is 1.32. The van der Waals surface area contributed by atoms with Gasteiger partial charge in [-0.25, -0.2) is 0 Å². The third kappa shape index (κ3) is 9.92. The van der Waals surface area contributed by atoms with Crippen LogP contribution in [-0.2, 0) is 11.2 Å². The van der Waals surface area contributed by atoms with E-state index in [1.807, 2.05) is 6.08 Å². The SMILES string of the molecule is C=CCCOCCN=C(N)NCCc1cccs1.I. The summed E-state index contributed by atoms with van der Waals surface area (Å²) in [6.07, 6.45) is 3.69. The highest BCUT2D eigenvalue weighted by atomic mass is 127. The molecule has 19 heavy (non-hydrogen) atoms. The molecule has 6 heteroatoms. The van der Waals surface area contributed by atoms with Gasteiger partial charge in [-0.2, -0.15) is 0 Å². The Balaban J connectivity index is 0.00000324. The maximum Gasteiger partial charge on any atom is 0.188 e. The van der Waals surface area contributed by atoms with Gasteiger partial charge in [-0.15, -0.1) is 41.9 Å². The number of nitrogens with zero attached hydrogens (tertiary/aromatic N) is 1. The van der Waals surface area contributed by atoms with Crippen LogP contribution < -0.4 is 11.1 Å². The van der Waals surface area contributed by atoms with Crippen LogP contribution in [0.1, 0.15) is 11.3 Å². The highest BCUT2D eigenvalue weighted by Crippen LogP contribution is 2.07. The molecule has 108 valence electrons. The molecule has 0 amide bonds. The fraction of sp³-hybridized carbons (Fsp3) is 0.462. The molecule has 0 saturated heterocycles. The zero-order chi connectivity index (χ0) is 13.1. The third-order valence-electron chi connectivity index (χ3n) is 2.24. The maximum atomic E-state index is 5.72. The lowest BCUT2D eigenvalue weighted by Gasteiger charge is -2.04. The lowest BCUT2D eigenvalue weighted by molar-refractivity contribution is 0.146. The molecular weight excluding hydrogens is 373 g/mol. The first-order valence-electron chi connectivity index (χ1n) is 6.07. The van der Waals surface area contributed by atoms with Crippen molar-refractivity contribution in [2.75, 3.05) is 26.3 Å². The Morgan fingerprint density at radius 3 is 3.05 bits per heavy atom. The molecule has 0 saturated carbocycles. The third-order valence-corrected chi connectivity index (χ3v) is 3.18. The molecule has 1 rings (SSSR count). The number of aliphatic imine (C=N–C) groups is 1. The van der Waals surface area contributed by atoms with E-state index in [1.54, 1.807) is 11.3 Å². The molecule has 1 aromatic heterocycles. The molecule has 0 spiro atoms. The summed E-state index contributed by atoms with van der Waals surface area (Å²) >= 11 is 1.75. The van der Waals surface area contributed by atoms with E-state index in [0.717, 1.165) is 19.4 Å². The van der Waals surface area contributed by atoms with Gasteiger partial charge in [-0.05, 0) is 24.3 Å². The Bertz CT molecular complexity index is 355. The predicted octanol–water partition coefficient (Wildman–Crippen LogP) is 2.41. The van der Waals surface area contributed by atoms with Gasteiger partial charge >= 0.3 is 0 Å². The standard InChI is InChI=1S/C13H21N3OS.HI/c1-2-3-9-17-10-8-16-13(14)15-7-6-12-5-4-11-18-12;/h2,4-5,11H,1,3,6-10H2,(H3,14,15,16);1H. The highest BCUT2D eigenvalue weighted by molar-refractivity contribution is 14.0. The number of halogens is 1. The molecule has 0 aromatic carbocycles. The second-order valence-corrected chi connectivity index (χ2v) is 4.75. The normalized spacial score (nSPS) is 10.8. The Hall–Kier alpha value is -0.600. The Labute approximate surface area is 136 Å². The minimum Gasteiger partial charge on any atom is -0.379 e. The van der Waals surface area contributed by atoms with Gasteiger partial charge < -0.3 is 15.8 Å². The van der Waals surface area contributed by atoms with Crippen LogP contribution in [0.2, 0.25) is 0 Å². The summed E-state index contributed by atoms with van der Waals surface area (Å²) in [6.45, 7) is 6.33. The van der Waals surface area contributed by atoms with Gasteiger partial charge in [0, 0.05) is 11.4 Å². The summed E-state index contributed by atoms with van der Waals surface area (Å²) in [7, 11) is 0. The number of ether oxygens (including phenoxy) is 1. The Morgan fingerprint density at radius 1 is 1.53 bits per heavy atom. The van der Waals surface area contributed by atoms with Gasteiger partial charge in [-0.3, -0.25) is 4.99 Å². The van der Waals surface area contributed by atoms with E-state index in [2.05, 4.69) is 34.4 Å². The predicted molar refractivity (Wildman–Crippen MR) is 93.6 cm³/mol. The van der Waals surface area contributed by atoms with Crippen molar-refractivity contribution in [2.45, 2.75) is 12.8 Å². The zero-order valence-corrected chi connectivity index (χ0v) is 14.2. The summed E-state index contributed by atoms with van der Waals surface area (Å²) in [6, 6.07) is 4.17. The molecule has 0 aliphatic rings. The van der Waals surface area contributed by atoms with Crippen molar-refractivity contribution < 1.29 is 4.74 Å². The summed E-state index contributed by atoms with van der Waals surface area (Å²) < 4.78 is 5.33. The smallest absolute Gasteiger partial charge is 0.188 e. The first-order valence-corrected chi connectivity index (χ1v) is 6.95. The van der Waals surface area contributed by atoms with Crippen LogP contribution in [-0.4, -0.2) is 32.3 Å². The minimum atomic E-state index is 0. The van der Waals surface area contributed by atoms with Gasteiger partial charge in [0.2, 0.25) is 0 Å². The fourth-order valence-corrected chi connectivity index (χ4v) is 2.03. The lowest BCUT2D eigenvalue weighted by Crippen LogP contribution is -2.33. The first-order chi connectivity index (χ1) is 8.83. The van der Waals surface area contributed by atoms with E-state index in [9.17, 15) is 0 Å². The van der Waals surface area contributed by atoms with Crippen LogP contribution >= 0.6 is 35.3 Å². The molecule has 0 atom stereocenters. The Morgan fingerprint density at radius 2 is 2.37 bits per heavy atom. The first kappa shape index (κ1) is 18.4. The summed E-state index contributed by atoms with van der Waals surface area (Å²) in [5.41, 5.74) is 5.72. The van der Waals surface area contributed by atoms with Gasteiger partial charge in [0.15, 0.2) is 5.96 Å². The second-order valence-electron chi connectivity index (χ2n) is 3.71. The molecule has 0 fully saturated rings. The van der Waals surface area contributed by atoms with E-state index in [-0.39, 0.29) is 24.0 Å². The van der Waals surface area contributed by atoms with Gasteiger partial charge in [0.05, 0.1) is 19.8 Å². The molecule has 1 aromatic rings. The average Bonchev–Trinajstić information content (AvgIpc) is 2.87. The number of rotatable bonds is 9.